The highest BCUT2D eigenvalue weighted by molar-refractivity contribution is 6.34. The van der Waals surface area contributed by atoms with E-state index in [1.165, 1.54) is 10.9 Å². The molecule has 0 unspecified atom stereocenters. The van der Waals surface area contributed by atoms with Crippen molar-refractivity contribution in [2.75, 3.05) is 5.32 Å². The molecule has 1 saturated carbocycles. The van der Waals surface area contributed by atoms with Crippen molar-refractivity contribution >= 4 is 23.3 Å². The minimum absolute atomic E-state index is 0.229. The molecule has 1 aromatic carbocycles. The summed E-state index contributed by atoms with van der Waals surface area (Å²) in [5.74, 6) is 6.18. The molecule has 0 saturated heterocycles. The van der Waals surface area contributed by atoms with Gasteiger partial charge in [0.2, 0.25) is 0 Å². The number of nitrogens with one attached hydrogen (secondary N) is 1. The number of benzene rings is 1. The largest absolute Gasteiger partial charge is 0.305 e. The minimum atomic E-state index is -0.447. The first-order chi connectivity index (χ1) is 14.5. The van der Waals surface area contributed by atoms with Gasteiger partial charge in [-0.25, -0.2) is 4.98 Å². The maximum Gasteiger partial charge on any atom is 0.276 e. The molecule has 2 heterocycles. The van der Waals surface area contributed by atoms with Crippen LogP contribution in [0, 0.1) is 35.5 Å². The first-order valence-electron chi connectivity index (χ1n) is 9.47. The number of aryl methyl sites for hydroxylation is 1. The molecule has 0 aliphatic heterocycles. The van der Waals surface area contributed by atoms with Crippen LogP contribution in [-0.2, 0) is 6.54 Å². The molecule has 1 aliphatic carbocycles. The monoisotopic (exact) mass is 415 g/mol. The summed E-state index contributed by atoms with van der Waals surface area (Å²) in [6.07, 6.45) is 4.64. The van der Waals surface area contributed by atoms with Crippen molar-refractivity contribution in [1.29, 1.82) is 5.26 Å². The highest BCUT2D eigenvalue weighted by Gasteiger charge is 2.44. The van der Waals surface area contributed by atoms with Crippen LogP contribution in [0.4, 0.5) is 5.82 Å². The number of carbonyl (C=O) groups is 1. The van der Waals surface area contributed by atoms with Gasteiger partial charge in [0, 0.05) is 17.3 Å². The second kappa shape index (κ2) is 8.02. The predicted molar refractivity (Wildman–Crippen MR) is 114 cm³/mol. The fourth-order valence-electron chi connectivity index (χ4n) is 3.06. The third-order valence-corrected chi connectivity index (χ3v) is 5.26. The molecular formula is C23H18ClN5O. The van der Waals surface area contributed by atoms with Crippen molar-refractivity contribution in [2.24, 2.45) is 5.41 Å². The summed E-state index contributed by atoms with van der Waals surface area (Å²) in [5.41, 5.74) is 2.23. The number of rotatable bonds is 4. The van der Waals surface area contributed by atoms with E-state index < -0.39 is 11.3 Å². The number of aromatic nitrogens is 3. The van der Waals surface area contributed by atoms with E-state index in [0.29, 0.717) is 12.4 Å². The molecule has 1 fully saturated rings. The van der Waals surface area contributed by atoms with Gasteiger partial charge in [-0.1, -0.05) is 41.6 Å². The van der Waals surface area contributed by atoms with Crippen LogP contribution in [0.5, 0.6) is 0 Å². The molecule has 0 atom stereocenters. The maximum absolute atomic E-state index is 12.9. The van der Waals surface area contributed by atoms with Crippen molar-refractivity contribution in [3.8, 4) is 17.9 Å². The zero-order valence-corrected chi connectivity index (χ0v) is 17.1. The number of nitrogens with zero attached hydrogens (tertiary/aromatic N) is 4. The Labute approximate surface area is 179 Å². The fourth-order valence-corrected chi connectivity index (χ4v) is 3.28. The van der Waals surface area contributed by atoms with E-state index in [1.807, 2.05) is 43.3 Å². The summed E-state index contributed by atoms with van der Waals surface area (Å²) in [4.78, 5) is 17.2. The molecule has 4 rings (SSSR count). The summed E-state index contributed by atoms with van der Waals surface area (Å²) in [7, 11) is 0. The first-order valence-corrected chi connectivity index (χ1v) is 9.85. The summed E-state index contributed by atoms with van der Waals surface area (Å²) in [6.45, 7) is 2.20. The molecular weight excluding hydrogens is 398 g/mol. The highest BCUT2D eigenvalue weighted by atomic mass is 35.5. The van der Waals surface area contributed by atoms with Crippen molar-refractivity contribution in [2.45, 2.75) is 26.3 Å². The van der Waals surface area contributed by atoms with Gasteiger partial charge in [-0.3, -0.25) is 9.48 Å². The van der Waals surface area contributed by atoms with Gasteiger partial charge in [0.15, 0.2) is 0 Å². The quantitative estimate of drug-likeness (QED) is 0.647. The fraction of sp³-hybridized carbons (Fsp3) is 0.217. The molecule has 1 aliphatic rings. The molecule has 1 amide bonds. The second-order valence-corrected chi connectivity index (χ2v) is 7.76. The normalized spacial score (nSPS) is 13.6. The molecule has 2 aromatic heterocycles. The maximum atomic E-state index is 12.9. The van der Waals surface area contributed by atoms with Crippen LogP contribution in [0.3, 0.4) is 0 Å². The first kappa shape index (κ1) is 19.7. The molecule has 30 heavy (non-hydrogen) atoms. The highest BCUT2D eigenvalue weighted by Crippen LogP contribution is 2.46. The van der Waals surface area contributed by atoms with Gasteiger partial charge in [0.25, 0.3) is 5.91 Å². The molecule has 3 aromatic rings. The lowest BCUT2D eigenvalue weighted by atomic mass is 10.1. The van der Waals surface area contributed by atoms with E-state index in [0.717, 1.165) is 29.5 Å². The SMILES string of the molecule is Cc1cc(C#Cc2ccccc2)cnc1NC(=O)c1c(Cl)cnn1CC1(C#N)CC1. The van der Waals surface area contributed by atoms with Crippen molar-refractivity contribution in [1.82, 2.24) is 14.8 Å². The Balaban J connectivity index is 1.51. The van der Waals surface area contributed by atoms with Gasteiger partial charge in [-0.2, -0.15) is 10.4 Å². The summed E-state index contributed by atoms with van der Waals surface area (Å²) in [5, 5.41) is 16.5. The Morgan fingerprint density at radius 3 is 2.63 bits per heavy atom. The van der Waals surface area contributed by atoms with Gasteiger partial charge in [0.05, 0.1) is 29.2 Å². The minimum Gasteiger partial charge on any atom is -0.305 e. The van der Waals surface area contributed by atoms with Crippen LogP contribution < -0.4 is 5.32 Å². The van der Waals surface area contributed by atoms with E-state index in [-0.39, 0.29) is 10.7 Å². The Morgan fingerprint density at radius 2 is 1.97 bits per heavy atom. The van der Waals surface area contributed by atoms with E-state index in [4.69, 9.17) is 11.6 Å². The van der Waals surface area contributed by atoms with Crippen LogP contribution in [0.1, 0.15) is 40.0 Å². The van der Waals surface area contributed by atoms with E-state index in [1.54, 1.807) is 6.20 Å². The number of amides is 1. The molecule has 0 bridgehead atoms. The third-order valence-electron chi connectivity index (χ3n) is 4.99. The van der Waals surface area contributed by atoms with Gasteiger partial charge in [-0.05, 0) is 43.5 Å². The van der Waals surface area contributed by atoms with Crippen molar-refractivity contribution in [3.05, 3.63) is 76.2 Å². The number of nitriles is 1. The number of halogens is 1. The smallest absolute Gasteiger partial charge is 0.276 e. The van der Waals surface area contributed by atoms with E-state index in [2.05, 4.69) is 33.3 Å². The summed E-state index contributed by atoms with van der Waals surface area (Å²) < 4.78 is 1.50. The Bertz CT molecular complexity index is 1210. The van der Waals surface area contributed by atoms with E-state index in [9.17, 15) is 10.1 Å². The average molecular weight is 416 g/mol. The average Bonchev–Trinajstić information content (AvgIpc) is 3.43. The molecule has 0 radical (unpaired) electrons. The van der Waals surface area contributed by atoms with E-state index >= 15 is 0 Å². The summed E-state index contributed by atoms with van der Waals surface area (Å²) >= 11 is 6.20. The lowest BCUT2D eigenvalue weighted by molar-refractivity contribution is 0.101. The van der Waals surface area contributed by atoms with Gasteiger partial charge < -0.3 is 5.32 Å². The zero-order chi connectivity index (χ0) is 21.1. The molecule has 6 nitrogen and oxygen atoms in total. The second-order valence-electron chi connectivity index (χ2n) is 7.35. The molecule has 148 valence electrons. The number of hydrogen-bond donors (Lipinski definition) is 1. The standard InChI is InChI=1S/C23H18ClN5O/c1-16-11-18(8-7-17-5-3-2-4-6-17)12-26-21(16)28-22(30)20-19(24)13-27-29(20)15-23(14-25)9-10-23/h2-6,11-13H,9-10,15H2,1H3,(H,26,28,30). The van der Waals surface area contributed by atoms with Crippen LogP contribution in [0.2, 0.25) is 5.02 Å². The van der Waals surface area contributed by atoms with Crippen LogP contribution >= 0.6 is 11.6 Å². The number of carbonyl (C=O) groups excluding carboxylic acids is 1. The predicted octanol–water partition coefficient (Wildman–Crippen LogP) is 4.20. The van der Waals surface area contributed by atoms with Gasteiger partial charge >= 0.3 is 0 Å². The zero-order valence-electron chi connectivity index (χ0n) is 16.3. The van der Waals surface area contributed by atoms with Gasteiger partial charge in [-0.15, -0.1) is 0 Å². The molecule has 1 N–H and O–H groups in total. The van der Waals surface area contributed by atoms with Crippen LogP contribution in [0.15, 0.2) is 48.8 Å². The Morgan fingerprint density at radius 1 is 1.23 bits per heavy atom. The van der Waals surface area contributed by atoms with Gasteiger partial charge in [0.1, 0.15) is 11.5 Å². The van der Waals surface area contributed by atoms with Crippen LogP contribution in [0.25, 0.3) is 0 Å². The summed E-state index contributed by atoms with van der Waals surface area (Å²) in [6, 6.07) is 13.9. The topological polar surface area (TPSA) is 83.6 Å². The molecule has 7 heteroatoms. The lowest BCUT2D eigenvalue weighted by Crippen LogP contribution is -2.22. The van der Waals surface area contributed by atoms with Crippen molar-refractivity contribution < 1.29 is 4.79 Å². The Hall–Kier alpha value is -3.61. The third kappa shape index (κ3) is 4.20. The number of hydrogen-bond acceptors (Lipinski definition) is 4. The Kier molecular flexibility index (Phi) is 5.27. The molecule has 0 spiro atoms. The van der Waals surface area contributed by atoms with Crippen molar-refractivity contribution in [3.63, 3.8) is 0 Å². The number of pyridine rings is 1. The number of anilines is 1. The lowest BCUT2D eigenvalue weighted by Gasteiger charge is -2.12. The van der Waals surface area contributed by atoms with Crippen LogP contribution in [-0.4, -0.2) is 20.7 Å².